The quantitative estimate of drug-likeness (QED) is 0.445. The molecule has 4 rings (SSSR count). The SMILES string of the molecule is CC1(Cn2nc(C3CC3C(F)(F)F)c(C(F)(F)F)c2C(=O)Nc2ccnc(S(C)(=N)=O)c2)CC(F)(F)C1. The van der Waals surface area contributed by atoms with Crippen LogP contribution >= 0.6 is 0 Å². The molecule has 0 radical (unpaired) electrons. The van der Waals surface area contributed by atoms with Crippen molar-refractivity contribution in [2.75, 3.05) is 11.6 Å². The summed E-state index contributed by atoms with van der Waals surface area (Å²) in [6, 6.07) is 2.16. The number of hydrogen-bond donors (Lipinski definition) is 2. The molecule has 204 valence electrons. The lowest BCUT2D eigenvalue weighted by molar-refractivity contribution is -0.160. The monoisotopic (exact) mass is 559 g/mol. The Morgan fingerprint density at radius 2 is 1.86 bits per heavy atom. The smallest absolute Gasteiger partial charge is 0.320 e. The average molecular weight is 559 g/mol. The van der Waals surface area contributed by atoms with Gasteiger partial charge >= 0.3 is 12.4 Å². The fourth-order valence-corrected chi connectivity index (χ4v) is 5.40. The van der Waals surface area contributed by atoms with Crippen molar-refractivity contribution < 1.29 is 44.1 Å². The lowest BCUT2D eigenvalue weighted by Crippen LogP contribution is -2.47. The molecule has 16 heteroatoms. The van der Waals surface area contributed by atoms with Crippen molar-refractivity contribution in [3.8, 4) is 0 Å². The number of carbonyl (C=O) groups is 1. The molecule has 0 saturated heterocycles. The molecule has 3 unspecified atom stereocenters. The summed E-state index contributed by atoms with van der Waals surface area (Å²) in [5.41, 5.74) is -5.17. The number of halogens is 8. The van der Waals surface area contributed by atoms with Gasteiger partial charge in [0.1, 0.15) is 16.3 Å². The minimum absolute atomic E-state index is 0.180. The molecule has 2 heterocycles. The normalized spacial score (nSPS) is 24.2. The fraction of sp³-hybridized carbons (Fsp3) is 0.571. The molecule has 2 aliphatic rings. The maximum absolute atomic E-state index is 14.2. The summed E-state index contributed by atoms with van der Waals surface area (Å²) in [4.78, 5) is 16.9. The molecule has 7 nitrogen and oxygen atoms in total. The number of alkyl halides is 8. The van der Waals surface area contributed by atoms with Gasteiger partial charge in [0.2, 0.25) is 5.92 Å². The zero-order valence-electron chi connectivity index (χ0n) is 19.3. The summed E-state index contributed by atoms with van der Waals surface area (Å²) >= 11 is 0. The first-order valence-corrected chi connectivity index (χ1v) is 12.8. The topological polar surface area (TPSA) is 101 Å². The Kier molecular flexibility index (Phi) is 6.16. The Morgan fingerprint density at radius 3 is 2.35 bits per heavy atom. The van der Waals surface area contributed by atoms with E-state index in [0.29, 0.717) is 4.68 Å². The van der Waals surface area contributed by atoms with Crippen molar-refractivity contribution in [3.63, 3.8) is 0 Å². The largest absolute Gasteiger partial charge is 0.420 e. The third-order valence-electron chi connectivity index (χ3n) is 6.33. The molecule has 2 saturated carbocycles. The third-order valence-corrected chi connectivity index (χ3v) is 7.36. The molecule has 0 spiro atoms. The first kappa shape index (κ1) is 27.3. The first-order valence-electron chi connectivity index (χ1n) is 10.8. The summed E-state index contributed by atoms with van der Waals surface area (Å²) in [5.74, 6) is -8.18. The zero-order chi connectivity index (χ0) is 27.8. The van der Waals surface area contributed by atoms with Crippen LogP contribution < -0.4 is 5.32 Å². The highest BCUT2D eigenvalue weighted by atomic mass is 32.2. The van der Waals surface area contributed by atoms with Crippen LogP contribution in [-0.2, 0) is 22.5 Å². The first-order chi connectivity index (χ1) is 16.7. The Morgan fingerprint density at radius 1 is 1.24 bits per heavy atom. The molecule has 0 aromatic carbocycles. The Labute approximate surface area is 205 Å². The van der Waals surface area contributed by atoms with Crippen LogP contribution in [0.2, 0.25) is 0 Å². The van der Waals surface area contributed by atoms with Gasteiger partial charge in [-0.25, -0.2) is 22.8 Å². The predicted molar refractivity (Wildman–Crippen MR) is 114 cm³/mol. The summed E-state index contributed by atoms with van der Waals surface area (Å²) in [7, 11) is -3.35. The van der Waals surface area contributed by atoms with Gasteiger partial charge in [-0.15, -0.1) is 0 Å². The highest BCUT2D eigenvalue weighted by molar-refractivity contribution is 7.91. The Hall–Kier alpha value is -2.78. The summed E-state index contributed by atoms with van der Waals surface area (Å²) in [5, 5.41) is 5.62. The molecule has 3 atom stereocenters. The van der Waals surface area contributed by atoms with E-state index >= 15 is 0 Å². The van der Waals surface area contributed by atoms with Gasteiger partial charge in [-0.1, -0.05) is 6.92 Å². The molecule has 2 aromatic heterocycles. The van der Waals surface area contributed by atoms with Crippen LogP contribution in [0.15, 0.2) is 23.4 Å². The summed E-state index contributed by atoms with van der Waals surface area (Å²) in [6.45, 7) is 0.798. The van der Waals surface area contributed by atoms with E-state index in [4.69, 9.17) is 4.78 Å². The van der Waals surface area contributed by atoms with Crippen molar-refractivity contribution in [2.45, 2.75) is 61.9 Å². The van der Waals surface area contributed by atoms with Gasteiger partial charge in [0.05, 0.1) is 21.3 Å². The number of nitrogens with zero attached hydrogens (tertiary/aromatic N) is 3. The predicted octanol–water partition coefficient (Wildman–Crippen LogP) is 5.69. The van der Waals surface area contributed by atoms with Gasteiger partial charge < -0.3 is 5.32 Å². The van der Waals surface area contributed by atoms with E-state index < -0.39 is 93.9 Å². The van der Waals surface area contributed by atoms with Crippen molar-refractivity contribution in [2.24, 2.45) is 11.3 Å². The van der Waals surface area contributed by atoms with Crippen molar-refractivity contribution in [3.05, 3.63) is 35.3 Å². The van der Waals surface area contributed by atoms with Gasteiger partial charge in [-0.2, -0.15) is 31.4 Å². The van der Waals surface area contributed by atoms with Crippen LogP contribution in [0.3, 0.4) is 0 Å². The molecule has 1 amide bonds. The number of rotatable bonds is 6. The van der Waals surface area contributed by atoms with E-state index in [1.54, 1.807) is 0 Å². The van der Waals surface area contributed by atoms with Crippen LogP contribution in [0.4, 0.5) is 40.8 Å². The van der Waals surface area contributed by atoms with Crippen LogP contribution in [0.1, 0.15) is 53.8 Å². The molecule has 0 bridgehead atoms. The molecular formula is C21H21F8N5O2S. The van der Waals surface area contributed by atoms with Crippen LogP contribution in [0.5, 0.6) is 0 Å². The molecule has 2 aliphatic carbocycles. The summed E-state index contributed by atoms with van der Waals surface area (Å²) < 4.78 is 129. The van der Waals surface area contributed by atoms with Gasteiger partial charge in [0.15, 0.2) is 0 Å². The van der Waals surface area contributed by atoms with Crippen LogP contribution in [0.25, 0.3) is 0 Å². The summed E-state index contributed by atoms with van der Waals surface area (Å²) in [6.07, 6.45) is -10.0. The average Bonchev–Trinajstić information content (AvgIpc) is 3.40. The Balaban J connectivity index is 1.79. The number of hydrogen-bond acceptors (Lipinski definition) is 5. The number of pyridine rings is 1. The van der Waals surface area contributed by atoms with Gasteiger partial charge in [-0.3, -0.25) is 9.48 Å². The lowest BCUT2D eigenvalue weighted by Gasteiger charge is -2.44. The highest BCUT2D eigenvalue weighted by Crippen LogP contribution is 2.58. The number of carbonyl (C=O) groups excluding carboxylic acids is 1. The van der Waals surface area contributed by atoms with E-state index in [1.807, 2.05) is 0 Å². The van der Waals surface area contributed by atoms with Gasteiger partial charge in [0, 0.05) is 43.4 Å². The third kappa shape index (κ3) is 5.57. The van der Waals surface area contributed by atoms with E-state index in [2.05, 4.69) is 15.4 Å². The number of amides is 1. The van der Waals surface area contributed by atoms with Crippen molar-refractivity contribution in [1.82, 2.24) is 14.8 Å². The van der Waals surface area contributed by atoms with Gasteiger partial charge in [-0.05, 0) is 24.0 Å². The standard InChI is InChI=1S/C21H21F8N5O2S/c1-18(7-19(22,23)8-18)9-34-16(17(35)32-10-3-4-31-13(5-10)37(2,30)36)14(21(27,28)29)15(33-34)11-6-12(11)20(24,25)26/h3-5,11-12,30H,6-9H2,1-2H3,(H,31,32,35). The second-order valence-electron chi connectivity index (χ2n) is 9.96. The van der Waals surface area contributed by atoms with Crippen molar-refractivity contribution in [1.29, 1.82) is 4.78 Å². The minimum Gasteiger partial charge on any atom is -0.320 e. The number of anilines is 1. The van der Waals surface area contributed by atoms with Gasteiger partial charge in [0.25, 0.3) is 5.91 Å². The maximum atomic E-state index is 14.2. The Bertz CT molecular complexity index is 1340. The molecule has 2 N–H and O–H groups in total. The van der Waals surface area contributed by atoms with E-state index in [9.17, 15) is 44.1 Å². The van der Waals surface area contributed by atoms with E-state index in [1.165, 1.54) is 6.92 Å². The lowest BCUT2D eigenvalue weighted by atomic mass is 9.67. The van der Waals surface area contributed by atoms with Crippen LogP contribution in [0, 0.1) is 16.1 Å². The molecule has 2 fully saturated rings. The fourth-order valence-electron chi connectivity index (χ4n) is 4.78. The molecule has 0 aliphatic heterocycles. The van der Waals surface area contributed by atoms with Crippen LogP contribution in [-0.4, -0.2) is 43.2 Å². The molecule has 37 heavy (non-hydrogen) atoms. The minimum atomic E-state index is -5.29. The van der Waals surface area contributed by atoms with Crippen molar-refractivity contribution >= 4 is 21.3 Å². The molecule has 2 aromatic rings. The zero-order valence-corrected chi connectivity index (χ0v) is 20.1. The van der Waals surface area contributed by atoms with E-state index in [-0.39, 0.29) is 10.7 Å². The molecular weight excluding hydrogens is 538 g/mol. The highest BCUT2D eigenvalue weighted by Gasteiger charge is 2.60. The second-order valence-corrected chi connectivity index (χ2v) is 12.1. The number of nitrogens with one attached hydrogen (secondary N) is 2. The number of aromatic nitrogens is 3. The second kappa shape index (κ2) is 8.36. The van der Waals surface area contributed by atoms with E-state index in [0.717, 1.165) is 24.6 Å². The maximum Gasteiger partial charge on any atom is 0.420 e.